The molecule has 174 valence electrons. The molecule has 0 saturated carbocycles. The molecule has 1 saturated heterocycles. The molecule has 1 aliphatic heterocycles. The molecule has 33 heavy (non-hydrogen) atoms. The maximum Gasteiger partial charge on any atom is 0.407 e. The van der Waals surface area contributed by atoms with Crippen molar-refractivity contribution in [1.82, 2.24) is 30.1 Å². The summed E-state index contributed by atoms with van der Waals surface area (Å²) in [7, 11) is 0. The van der Waals surface area contributed by atoms with Gasteiger partial charge in [0.05, 0.1) is 11.3 Å². The number of aromatic nitrogens is 5. The lowest BCUT2D eigenvalue weighted by Crippen LogP contribution is -2.48. The number of pyridine rings is 1. The van der Waals surface area contributed by atoms with E-state index in [2.05, 4.69) is 25.8 Å². The zero-order chi connectivity index (χ0) is 23.8. The Morgan fingerprint density at radius 1 is 1.06 bits per heavy atom. The highest BCUT2D eigenvalue weighted by Crippen LogP contribution is 2.31. The number of nitrogens with one attached hydrogen (secondary N) is 1. The fraction of sp³-hybridized carbons (Fsp3) is 0.381. The predicted octanol–water partition coefficient (Wildman–Crippen LogP) is 3.01. The van der Waals surface area contributed by atoms with Crippen molar-refractivity contribution < 1.29 is 18.7 Å². The number of amides is 1. The van der Waals surface area contributed by atoms with E-state index in [9.17, 15) is 4.79 Å². The molecule has 1 fully saturated rings. The molecule has 2 N–H and O–H groups in total. The summed E-state index contributed by atoms with van der Waals surface area (Å²) in [5.41, 5.74) is 0.148. The number of hydrogen-bond donors (Lipinski definition) is 2. The second-order valence-corrected chi connectivity index (χ2v) is 8.68. The predicted molar refractivity (Wildman–Crippen MR) is 117 cm³/mol. The molecular formula is C21H24F2N8O2. The van der Waals surface area contributed by atoms with Gasteiger partial charge in [0.1, 0.15) is 11.5 Å². The van der Waals surface area contributed by atoms with Crippen LogP contribution in [0.3, 0.4) is 0 Å². The summed E-state index contributed by atoms with van der Waals surface area (Å²) in [6, 6.07) is 6.31. The number of hydrogen-bond acceptors (Lipinski definition) is 7. The van der Waals surface area contributed by atoms with Crippen LogP contribution in [0.15, 0.2) is 30.5 Å². The summed E-state index contributed by atoms with van der Waals surface area (Å²) < 4.78 is 31.4. The molecule has 0 aliphatic carbocycles. The van der Waals surface area contributed by atoms with Gasteiger partial charge >= 0.3 is 6.09 Å². The molecule has 10 nitrogen and oxygen atoms in total. The van der Waals surface area contributed by atoms with Crippen LogP contribution >= 0.6 is 0 Å². The van der Waals surface area contributed by atoms with Crippen LogP contribution in [0.5, 0.6) is 0 Å². The van der Waals surface area contributed by atoms with Crippen LogP contribution < -0.4 is 10.2 Å². The molecule has 3 heterocycles. The molecule has 2 aromatic heterocycles. The third kappa shape index (κ3) is 4.54. The number of benzene rings is 1. The van der Waals surface area contributed by atoms with E-state index in [1.54, 1.807) is 23.2 Å². The fourth-order valence-corrected chi connectivity index (χ4v) is 3.63. The molecule has 1 aliphatic rings. The Morgan fingerprint density at radius 2 is 1.73 bits per heavy atom. The Hall–Kier alpha value is -3.83. The Morgan fingerprint density at radius 3 is 2.39 bits per heavy atom. The van der Waals surface area contributed by atoms with Gasteiger partial charge in [0.25, 0.3) is 0 Å². The van der Waals surface area contributed by atoms with Crippen molar-refractivity contribution in [1.29, 1.82) is 0 Å². The van der Waals surface area contributed by atoms with Crippen LogP contribution in [0.1, 0.15) is 20.8 Å². The van der Waals surface area contributed by atoms with E-state index in [1.165, 1.54) is 17.0 Å². The van der Waals surface area contributed by atoms with E-state index in [0.717, 1.165) is 4.68 Å². The average molecular weight is 458 g/mol. The largest absolute Gasteiger partial charge is 0.465 e. The van der Waals surface area contributed by atoms with Crippen molar-refractivity contribution in [3.8, 4) is 17.1 Å². The van der Waals surface area contributed by atoms with Crippen LogP contribution in [0.25, 0.3) is 17.1 Å². The summed E-state index contributed by atoms with van der Waals surface area (Å²) >= 11 is 0. The van der Waals surface area contributed by atoms with Crippen LogP contribution in [-0.4, -0.2) is 73.0 Å². The molecule has 0 bridgehead atoms. The number of piperazine rings is 1. The number of carboxylic acid groups (broad SMARTS) is 1. The first kappa shape index (κ1) is 22.4. The lowest BCUT2D eigenvalue weighted by molar-refractivity contribution is 0.142. The molecule has 0 spiro atoms. The van der Waals surface area contributed by atoms with Gasteiger partial charge in [-0.05, 0) is 55.5 Å². The van der Waals surface area contributed by atoms with Crippen LogP contribution in [0.2, 0.25) is 0 Å². The molecule has 1 aromatic carbocycles. The molecular weight excluding hydrogens is 434 g/mol. The van der Waals surface area contributed by atoms with Gasteiger partial charge in [-0.1, -0.05) is 0 Å². The van der Waals surface area contributed by atoms with E-state index < -0.39 is 17.7 Å². The van der Waals surface area contributed by atoms with Crippen molar-refractivity contribution in [2.75, 3.05) is 36.4 Å². The minimum absolute atomic E-state index is 0.0624. The van der Waals surface area contributed by atoms with Gasteiger partial charge in [-0.2, -0.15) is 4.68 Å². The molecule has 0 unspecified atom stereocenters. The Bertz CT molecular complexity index is 1170. The second-order valence-electron chi connectivity index (χ2n) is 8.68. The smallest absolute Gasteiger partial charge is 0.407 e. The summed E-state index contributed by atoms with van der Waals surface area (Å²) in [5.74, 6) is -1.43. The van der Waals surface area contributed by atoms with Crippen molar-refractivity contribution in [3.05, 3.63) is 42.1 Å². The summed E-state index contributed by atoms with van der Waals surface area (Å²) in [4.78, 5) is 18.3. The van der Waals surface area contributed by atoms with E-state index in [-0.39, 0.29) is 48.9 Å². The Balaban J connectivity index is 1.68. The standard InChI is InChI=1S/C21H24F2N8O2/c1-21(2,3)25-18-13(5-4-8-24-18)19-26-27-28-31(19)15-7-6-14(16(22)17(15)23)29-9-11-30(12-10-29)20(32)33/h4-8H,9-12H2,1-3H3,(H,24,25)(H,32,33). The molecule has 4 rings (SSSR count). The highest BCUT2D eigenvalue weighted by molar-refractivity contribution is 5.71. The monoisotopic (exact) mass is 458 g/mol. The van der Waals surface area contributed by atoms with Crippen LogP contribution in [0.4, 0.5) is 25.1 Å². The third-order valence-corrected chi connectivity index (χ3v) is 5.17. The van der Waals surface area contributed by atoms with Crippen LogP contribution in [0, 0.1) is 11.6 Å². The fourth-order valence-electron chi connectivity index (χ4n) is 3.63. The molecule has 0 radical (unpaired) electrons. The normalized spacial score (nSPS) is 14.5. The highest BCUT2D eigenvalue weighted by Gasteiger charge is 2.26. The SMILES string of the molecule is CC(C)(C)Nc1ncccc1-c1nnnn1-c1ccc(N2CCN(C(=O)O)CC2)c(F)c1F. The van der Waals surface area contributed by atoms with Gasteiger partial charge in [0.2, 0.25) is 0 Å². The molecule has 1 amide bonds. The van der Waals surface area contributed by atoms with Gasteiger partial charge < -0.3 is 20.2 Å². The van der Waals surface area contributed by atoms with Crippen molar-refractivity contribution in [2.24, 2.45) is 0 Å². The van der Waals surface area contributed by atoms with Gasteiger partial charge in [0.15, 0.2) is 17.5 Å². The zero-order valence-electron chi connectivity index (χ0n) is 18.5. The van der Waals surface area contributed by atoms with E-state index in [1.807, 2.05) is 20.8 Å². The minimum Gasteiger partial charge on any atom is -0.465 e. The van der Waals surface area contributed by atoms with Crippen LogP contribution in [-0.2, 0) is 0 Å². The second kappa shape index (κ2) is 8.60. The van der Waals surface area contributed by atoms with E-state index >= 15 is 8.78 Å². The molecule has 3 aromatic rings. The van der Waals surface area contributed by atoms with Crippen molar-refractivity contribution in [2.45, 2.75) is 26.3 Å². The third-order valence-electron chi connectivity index (χ3n) is 5.17. The number of halogens is 2. The number of rotatable bonds is 4. The number of nitrogens with zero attached hydrogens (tertiary/aromatic N) is 7. The highest BCUT2D eigenvalue weighted by atomic mass is 19.2. The van der Waals surface area contributed by atoms with E-state index in [4.69, 9.17) is 5.11 Å². The summed E-state index contributed by atoms with van der Waals surface area (Å²) in [6.45, 7) is 6.85. The maximum atomic E-state index is 15.2. The number of tetrazole rings is 1. The van der Waals surface area contributed by atoms with Gasteiger partial charge in [-0.3, -0.25) is 0 Å². The first-order valence-corrected chi connectivity index (χ1v) is 10.4. The van der Waals surface area contributed by atoms with Crippen molar-refractivity contribution in [3.63, 3.8) is 0 Å². The lowest BCUT2D eigenvalue weighted by Gasteiger charge is -2.34. The van der Waals surface area contributed by atoms with Gasteiger partial charge in [0, 0.05) is 37.9 Å². The zero-order valence-corrected chi connectivity index (χ0v) is 18.5. The lowest BCUT2D eigenvalue weighted by atomic mass is 10.1. The number of carbonyl (C=O) groups is 1. The van der Waals surface area contributed by atoms with Gasteiger partial charge in [-0.25, -0.2) is 18.6 Å². The first-order chi connectivity index (χ1) is 15.7. The number of anilines is 2. The van der Waals surface area contributed by atoms with Crippen molar-refractivity contribution >= 4 is 17.6 Å². The van der Waals surface area contributed by atoms with Gasteiger partial charge in [-0.15, -0.1) is 5.10 Å². The quantitative estimate of drug-likeness (QED) is 0.614. The molecule has 12 heteroatoms. The Labute approximate surface area is 188 Å². The minimum atomic E-state index is -1.10. The summed E-state index contributed by atoms with van der Waals surface area (Å²) in [6.07, 6.45) is 0.587. The average Bonchev–Trinajstić information content (AvgIpc) is 3.24. The topological polar surface area (TPSA) is 112 Å². The van der Waals surface area contributed by atoms with E-state index in [0.29, 0.717) is 11.4 Å². The maximum absolute atomic E-state index is 15.2. The Kier molecular flexibility index (Phi) is 5.83. The summed E-state index contributed by atoms with van der Waals surface area (Å²) in [5, 5.41) is 23.9. The first-order valence-electron chi connectivity index (χ1n) is 10.4. The molecule has 0 atom stereocenters.